The molecule has 6 heteroatoms. The van der Waals surface area contributed by atoms with Gasteiger partial charge in [-0.3, -0.25) is 0 Å². The Morgan fingerprint density at radius 3 is 2.22 bits per heavy atom. The average molecular weight is 380 g/mol. The molecular weight excluding hydrogens is 353 g/mol. The fourth-order valence-electron chi connectivity index (χ4n) is 2.61. The summed E-state index contributed by atoms with van der Waals surface area (Å²) in [5.74, 6) is 0.846. The highest BCUT2D eigenvalue weighted by molar-refractivity contribution is 5.48. The molecule has 148 valence electrons. The van der Waals surface area contributed by atoms with Crippen LogP contribution in [0.15, 0.2) is 48.5 Å². The second kappa shape index (κ2) is 10.7. The van der Waals surface area contributed by atoms with Crippen LogP contribution < -0.4 is 15.4 Å². The van der Waals surface area contributed by atoms with Gasteiger partial charge in [-0.05, 0) is 48.9 Å². The molecule has 0 aromatic heterocycles. The maximum absolute atomic E-state index is 12.7. The molecule has 0 amide bonds. The van der Waals surface area contributed by atoms with E-state index in [4.69, 9.17) is 4.74 Å². The highest BCUT2D eigenvalue weighted by Crippen LogP contribution is 2.30. The van der Waals surface area contributed by atoms with E-state index in [2.05, 4.69) is 17.6 Å². The van der Waals surface area contributed by atoms with E-state index in [1.54, 1.807) is 6.07 Å². The van der Waals surface area contributed by atoms with Gasteiger partial charge in [-0.1, -0.05) is 32.3 Å². The summed E-state index contributed by atoms with van der Waals surface area (Å²) in [7, 11) is 0. The van der Waals surface area contributed by atoms with Gasteiger partial charge >= 0.3 is 6.18 Å². The zero-order valence-electron chi connectivity index (χ0n) is 15.6. The predicted molar refractivity (Wildman–Crippen MR) is 105 cm³/mol. The number of anilines is 2. The summed E-state index contributed by atoms with van der Waals surface area (Å²) in [5, 5.41) is 6.23. The Balaban J connectivity index is 1.68. The zero-order valence-corrected chi connectivity index (χ0v) is 15.6. The number of hydrogen-bond donors (Lipinski definition) is 2. The first-order chi connectivity index (χ1) is 13.0. The topological polar surface area (TPSA) is 33.3 Å². The molecule has 0 bridgehead atoms. The Morgan fingerprint density at radius 2 is 1.56 bits per heavy atom. The maximum Gasteiger partial charge on any atom is 0.416 e. The molecule has 2 rings (SSSR count). The van der Waals surface area contributed by atoms with Crippen molar-refractivity contribution in [3.05, 3.63) is 54.1 Å². The molecule has 0 fully saturated rings. The third-order valence-electron chi connectivity index (χ3n) is 4.09. The van der Waals surface area contributed by atoms with Gasteiger partial charge in [0, 0.05) is 24.5 Å². The molecule has 27 heavy (non-hydrogen) atoms. The van der Waals surface area contributed by atoms with Gasteiger partial charge in [0.1, 0.15) is 5.75 Å². The van der Waals surface area contributed by atoms with E-state index >= 15 is 0 Å². The summed E-state index contributed by atoms with van der Waals surface area (Å²) in [6.07, 6.45) is 0.379. The van der Waals surface area contributed by atoms with Gasteiger partial charge in [0.05, 0.1) is 12.2 Å². The van der Waals surface area contributed by atoms with Crippen molar-refractivity contribution in [2.45, 2.75) is 38.8 Å². The molecule has 0 saturated heterocycles. The van der Waals surface area contributed by atoms with Crippen LogP contribution in [0.2, 0.25) is 0 Å². The normalized spacial score (nSPS) is 11.3. The van der Waals surface area contributed by atoms with Crippen molar-refractivity contribution >= 4 is 11.4 Å². The molecule has 0 spiro atoms. The Bertz CT molecular complexity index is 672. The van der Waals surface area contributed by atoms with E-state index in [1.165, 1.54) is 25.3 Å². The maximum atomic E-state index is 12.7. The second-order valence-corrected chi connectivity index (χ2v) is 6.37. The minimum atomic E-state index is -4.32. The minimum absolute atomic E-state index is 0.457. The lowest BCUT2D eigenvalue weighted by molar-refractivity contribution is -0.137. The van der Waals surface area contributed by atoms with Crippen LogP contribution in [0.5, 0.6) is 5.75 Å². The minimum Gasteiger partial charge on any atom is -0.494 e. The molecule has 2 N–H and O–H groups in total. The van der Waals surface area contributed by atoms with Gasteiger partial charge in [0.25, 0.3) is 0 Å². The number of hydrogen-bond acceptors (Lipinski definition) is 3. The molecule has 0 unspecified atom stereocenters. The second-order valence-electron chi connectivity index (χ2n) is 6.37. The third-order valence-corrected chi connectivity index (χ3v) is 4.09. The summed E-state index contributed by atoms with van der Waals surface area (Å²) in [6.45, 7) is 4.01. The molecule has 2 aromatic carbocycles. The van der Waals surface area contributed by atoms with Crippen LogP contribution in [0.3, 0.4) is 0 Å². The van der Waals surface area contributed by atoms with Crippen molar-refractivity contribution in [2.24, 2.45) is 0 Å². The van der Waals surface area contributed by atoms with E-state index in [1.807, 2.05) is 24.3 Å². The third kappa shape index (κ3) is 7.81. The molecular formula is C21H27F3N2O. The molecule has 0 atom stereocenters. The Hall–Kier alpha value is -2.37. The number of benzene rings is 2. The number of halogens is 3. The standard InChI is InChI=1S/C21H27F3N2O/c1-2-3-4-5-15-27-20-11-9-18(10-12-20)25-13-14-26-19-8-6-7-17(16-19)21(22,23)24/h6-12,16,25-26H,2-5,13-15H2,1H3. The number of nitrogens with one attached hydrogen (secondary N) is 2. The smallest absolute Gasteiger partial charge is 0.416 e. The van der Waals surface area contributed by atoms with Crippen LogP contribution in [-0.2, 0) is 6.18 Å². The van der Waals surface area contributed by atoms with Gasteiger partial charge < -0.3 is 15.4 Å². The van der Waals surface area contributed by atoms with Gasteiger partial charge in [0.15, 0.2) is 0 Å². The van der Waals surface area contributed by atoms with Crippen LogP contribution in [0.25, 0.3) is 0 Å². The van der Waals surface area contributed by atoms with Gasteiger partial charge in [-0.2, -0.15) is 13.2 Å². The van der Waals surface area contributed by atoms with E-state index in [-0.39, 0.29) is 0 Å². The molecule has 2 aromatic rings. The number of unbranched alkanes of at least 4 members (excludes halogenated alkanes) is 3. The quantitative estimate of drug-likeness (QED) is 0.456. The fourth-order valence-corrected chi connectivity index (χ4v) is 2.61. The highest BCUT2D eigenvalue weighted by Gasteiger charge is 2.30. The van der Waals surface area contributed by atoms with Crippen molar-refractivity contribution in [2.75, 3.05) is 30.3 Å². The van der Waals surface area contributed by atoms with Crippen molar-refractivity contribution in [3.8, 4) is 5.75 Å². The summed E-state index contributed by atoms with van der Waals surface area (Å²) >= 11 is 0. The number of ether oxygens (including phenoxy) is 1. The Morgan fingerprint density at radius 1 is 0.852 bits per heavy atom. The fraction of sp³-hybridized carbons (Fsp3) is 0.429. The van der Waals surface area contributed by atoms with Crippen molar-refractivity contribution in [3.63, 3.8) is 0 Å². The van der Waals surface area contributed by atoms with Crippen molar-refractivity contribution < 1.29 is 17.9 Å². The monoisotopic (exact) mass is 380 g/mol. The Kier molecular flexibility index (Phi) is 8.30. The molecule has 0 saturated carbocycles. The first-order valence-corrected chi connectivity index (χ1v) is 9.37. The zero-order chi connectivity index (χ0) is 19.5. The first kappa shape index (κ1) is 20.9. The van der Waals surface area contributed by atoms with Crippen LogP contribution in [-0.4, -0.2) is 19.7 Å². The molecule has 0 aliphatic carbocycles. The number of alkyl halides is 3. The Labute approximate surface area is 158 Å². The summed E-state index contributed by atoms with van der Waals surface area (Å²) < 4.78 is 43.8. The van der Waals surface area contributed by atoms with Crippen LogP contribution in [0.1, 0.15) is 38.2 Å². The lowest BCUT2D eigenvalue weighted by atomic mass is 10.2. The average Bonchev–Trinajstić information content (AvgIpc) is 2.66. The first-order valence-electron chi connectivity index (χ1n) is 9.37. The molecule has 0 aliphatic rings. The van der Waals surface area contributed by atoms with Crippen molar-refractivity contribution in [1.82, 2.24) is 0 Å². The van der Waals surface area contributed by atoms with Gasteiger partial charge in [-0.25, -0.2) is 0 Å². The van der Waals surface area contributed by atoms with Crippen LogP contribution in [0.4, 0.5) is 24.5 Å². The highest BCUT2D eigenvalue weighted by atomic mass is 19.4. The molecule has 0 radical (unpaired) electrons. The molecule has 0 heterocycles. The van der Waals surface area contributed by atoms with E-state index in [0.29, 0.717) is 18.8 Å². The lowest BCUT2D eigenvalue weighted by Gasteiger charge is -2.12. The van der Waals surface area contributed by atoms with E-state index in [9.17, 15) is 13.2 Å². The van der Waals surface area contributed by atoms with E-state index in [0.717, 1.165) is 36.6 Å². The van der Waals surface area contributed by atoms with Gasteiger partial charge in [0.2, 0.25) is 0 Å². The molecule has 3 nitrogen and oxygen atoms in total. The lowest BCUT2D eigenvalue weighted by Crippen LogP contribution is -2.14. The summed E-state index contributed by atoms with van der Waals surface area (Å²) in [6, 6.07) is 12.9. The summed E-state index contributed by atoms with van der Waals surface area (Å²) in [4.78, 5) is 0. The number of rotatable bonds is 11. The summed E-state index contributed by atoms with van der Waals surface area (Å²) in [5.41, 5.74) is 0.753. The van der Waals surface area contributed by atoms with E-state index < -0.39 is 11.7 Å². The molecule has 0 aliphatic heterocycles. The van der Waals surface area contributed by atoms with Crippen LogP contribution in [0, 0.1) is 0 Å². The van der Waals surface area contributed by atoms with Gasteiger partial charge in [-0.15, -0.1) is 0 Å². The predicted octanol–water partition coefficient (Wildman–Crippen LogP) is 6.19. The van der Waals surface area contributed by atoms with Crippen molar-refractivity contribution in [1.29, 1.82) is 0 Å². The largest absolute Gasteiger partial charge is 0.494 e. The van der Waals surface area contributed by atoms with Crippen LogP contribution >= 0.6 is 0 Å². The SMILES string of the molecule is CCCCCCOc1ccc(NCCNc2cccc(C(F)(F)F)c2)cc1.